The number of nitrogens with zero attached hydrogens (tertiary/aromatic N) is 3. The monoisotopic (exact) mass is 342 g/mol. The molecule has 0 aliphatic heterocycles. The molecule has 0 aliphatic rings. The van der Waals surface area contributed by atoms with Crippen molar-refractivity contribution < 1.29 is 4.74 Å². The zero-order valence-electron chi connectivity index (χ0n) is 16.4. The van der Waals surface area contributed by atoms with Gasteiger partial charge in [-0.05, 0) is 24.5 Å². The van der Waals surface area contributed by atoms with Crippen LogP contribution in [0.25, 0.3) is 0 Å². The SMILES string of the molecule is COCc1cc(NC(c2ncccc2C)C(C)C)nc(C(C)(C)C)n1. The molecule has 5 heteroatoms. The maximum absolute atomic E-state index is 5.28. The van der Waals surface area contributed by atoms with E-state index < -0.39 is 0 Å². The highest BCUT2D eigenvalue weighted by Gasteiger charge is 2.23. The van der Waals surface area contributed by atoms with Crippen molar-refractivity contribution in [1.29, 1.82) is 0 Å². The third kappa shape index (κ3) is 4.98. The summed E-state index contributed by atoms with van der Waals surface area (Å²) in [4.78, 5) is 14.0. The van der Waals surface area contributed by atoms with Gasteiger partial charge in [0.25, 0.3) is 0 Å². The molecule has 0 fully saturated rings. The highest BCUT2D eigenvalue weighted by atomic mass is 16.5. The first-order valence-corrected chi connectivity index (χ1v) is 8.77. The van der Waals surface area contributed by atoms with Gasteiger partial charge in [-0.2, -0.15) is 0 Å². The smallest absolute Gasteiger partial charge is 0.136 e. The average Bonchev–Trinajstić information content (AvgIpc) is 2.52. The molecule has 2 rings (SSSR count). The molecule has 2 heterocycles. The van der Waals surface area contributed by atoms with Gasteiger partial charge in [0.15, 0.2) is 0 Å². The second kappa shape index (κ2) is 7.91. The quantitative estimate of drug-likeness (QED) is 0.841. The Kier molecular flexibility index (Phi) is 6.11. The zero-order valence-corrected chi connectivity index (χ0v) is 16.4. The Morgan fingerprint density at radius 3 is 2.48 bits per heavy atom. The van der Waals surface area contributed by atoms with E-state index in [1.165, 1.54) is 5.56 Å². The van der Waals surface area contributed by atoms with Crippen LogP contribution in [0.2, 0.25) is 0 Å². The lowest BCUT2D eigenvalue weighted by Gasteiger charge is -2.25. The second-order valence-electron chi connectivity index (χ2n) is 7.82. The number of ether oxygens (including phenoxy) is 1. The molecule has 0 amide bonds. The van der Waals surface area contributed by atoms with E-state index in [-0.39, 0.29) is 11.5 Å². The van der Waals surface area contributed by atoms with Gasteiger partial charge in [-0.1, -0.05) is 40.7 Å². The van der Waals surface area contributed by atoms with Gasteiger partial charge in [0.05, 0.1) is 24.0 Å². The first-order valence-electron chi connectivity index (χ1n) is 8.77. The first-order chi connectivity index (χ1) is 11.7. The maximum Gasteiger partial charge on any atom is 0.136 e. The lowest BCUT2D eigenvalue weighted by atomic mass is 9.95. The number of nitrogens with one attached hydrogen (secondary N) is 1. The molecule has 0 aromatic carbocycles. The standard InChI is InChI=1S/C20H30N4O/c1-13(2)17(18-14(3)9-8-10-21-18)23-16-11-15(12-25-7)22-19(24-16)20(4,5)6/h8-11,13,17H,12H2,1-7H3,(H,22,23,24). The molecule has 2 aromatic rings. The Morgan fingerprint density at radius 1 is 1.20 bits per heavy atom. The predicted molar refractivity (Wildman–Crippen MR) is 102 cm³/mol. The van der Waals surface area contributed by atoms with Gasteiger partial charge in [-0.25, -0.2) is 9.97 Å². The van der Waals surface area contributed by atoms with E-state index in [0.29, 0.717) is 12.5 Å². The molecule has 0 bridgehead atoms. The Balaban J connectivity index is 2.42. The fourth-order valence-corrected chi connectivity index (χ4v) is 2.66. The summed E-state index contributed by atoms with van der Waals surface area (Å²) in [5, 5.41) is 3.58. The van der Waals surface area contributed by atoms with Crippen molar-refractivity contribution in [3.63, 3.8) is 0 Å². The molecule has 0 radical (unpaired) electrons. The fraction of sp³-hybridized carbons (Fsp3) is 0.550. The van der Waals surface area contributed by atoms with Gasteiger partial charge in [0, 0.05) is 24.8 Å². The Hall–Kier alpha value is -2.01. The molecule has 136 valence electrons. The van der Waals surface area contributed by atoms with Crippen LogP contribution in [-0.2, 0) is 16.8 Å². The zero-order chi connectivity index (χ0) is 18.6. The summed E-state index contributed by atoms with van der Waals surface area (Å²) in [6.45, 7) is 13.3. The summed E-state index contributed by atoms with van der Waals surface area (Å²) in [5.41, 5.74) is 2.98. The highest BCUT2D eigenvalue weighted by Crippen LogP contribution is 2.28. The van der Waals surface area contributed by atoms with Gasteiger partial charge < -0.3 is 10.1 Å². The van der Waals surface area contributed by atoms with Gasteiger partial charge >= 0.3 is 0 Å². The number of hydrogen-bond acceptors (Lipinski definition) is 5. The summed E-state index contributed by atoms with van der Waals surface area (Å²) in [6.07, 6.45) is 1.84. The minimum absolute atomic E-state index is 0.0827. The van der Waals surface area contributed by atoms with Crippen LogP contribution < -0.4 is 5.32 Å². The van der Waals surface area contributed by atoms with Crippen molar-refractivity contribution in [2.45, 2.75) is 59.6 Å². The van der Waals surface area contributed by atoms with E-state index in [9.17, 15) is 0 Å². The van der Waals surface area contributed by atoms with Gasteiger partial charge in [-0.3, -0.25) is 4.98 Å². The highest BCUT2D eigenvalue weighted by molar-refractivity contribution is 5.41. The van der Waals surface area contributed by atoms with Gasteiger partial charge in [0.1, 0.15) is 11.6 Å². The topological polar surface area (TPSA) is 59.9 Å². The number of methoxy groups -OCH3 is 1. The molecular weight excluding hydrogens is 312 g/mol. The van der Waals surface area contributed by atoms with Crippen LogP contribution in [0.4, 0.5) is 5.82 Å². The van der Waals surface area contributed by atoms with Gasteiger partial charge in [-0.15, -0.1) is 0 Å². The molecular formula is C20H30N4O. The van der Waals surface area contributed by atoms with Crippen molar-refractivity contribution in [2.75, 3.05) is 12.4 Å². The first kappa shape index (κ1) is 19.3. The van der Waals surface area contributed by atoms with Crippen LogP contribution in [0.5, 0.6) is 0 Å². The summed E-state index contributed by atoms with van der Waals surface area (Å²) >= 11 is 0. The molecule has 0 aliphatic carbocycles. The van der Waals surface area contributed by atoms with Crippen molar-refractivity contribution in [3.05, 3.63) is 47.2 Å². The number of pyridine rings is 1. The Morgan fingerprint density at radius 2 is 1.92 bits per heavy atom. The summed E-state index contributed by atoms with van der Waals surface area (Å²) in [6, 6.07) is 6.11. The minimum atomic E-state index is -0.131. The largest absolute Gasteiger partial charge is 0.378 e. The number of aryl methyl sites for hydroxylation is 1. The number of anilines is 1. The van der Waals surface area contributed by atoms with E-state index in [4.69, 9.17) is 9.72 Å². The van der Waals surface area contributed by atoms with Crippen molar-refractivity contribution >= 4 is 5.82 Å². The third-order valence-corrected chi connectivity index (χ3v) is 4.06. The molecule has 0 saturated heterocycles. The van der Waals surface area contributed by atoms with Crippen LogP contribution in [-0.4, -0.2) is 22.1 Å². The van der Waals surface area contributed by atoms with Crippen LogP contribution >= 0.6 is 0 Å². The lowest BCUT2D eigenvalue weighted by molar-refractivity contribution is 0.181. The van der Waals surface area contributed by atoms with Crippen LogP contribution in [0.1, 0.15) is 63.4 Å². The minimum Gasteiger partial charge on any atom is -0.378 e. The number of aromatic nitrogens is 3. The molecule has 2 aromatic heterocycles. The number of rotatable bonds is 6. The van der Waals surface area contributed by atoms with E-state index in [2.05, 4.69) is 62.9 Å². The molecule has 25 heavy (non-hydrogen) atoms. The van der Waals surface area contributed by atoms with Crippen molar-refractivity contribution in [1.82, 2.24) is 15.0 Å². The second-order valence-corrected chi connectivity index (χ2v) is 7.82. The van der Waals surface area contributed by atoms with Crippen LogP contribution in [0.3, 0.4) is 0 Å². The molecule has 0 spiro atoms. The summed E-state index contributed by atoms with van der Waals surface area (Å²) < 4.78 is 5.28. The molecule has 5 nitrogen and oxygen atoms in total. The Labute approximate surface area is 151 Å². The summed E-state index contributed by atoms with van der Waals surface area (Å²) in [7, 11) is 1.68. The van der Waals surface area contributed by atoms with E-state index >= 15 is 0 Å². The molecule has 1 atom stereocenters. The predicted octanol–water partition coefficient (Wildman–Crippen LogP) is 4.43. The average molecular weight is 342 g/mol. The molecule has 0 saturated carbocycles. The normalized spacial score (nSPS) is 13.1. The molecule has 1 unspecified atom stereocenters. The van der Waals surface area contributed by atoms with Crippen LogP contribution in [0, 0.1) is 12.8 Å². The lowest BCUT2D eigenvalue weighted by Crippen LogP contribution is -2.23. The van der Waals surface area contributed by atoms with Gasteiger partial charge in [0.2, 0.25) is 0 Å². The number of hydrogen-bond donors (Lipinski definition) is 1. The van der Waals surface area contributed by atoms with Crippen molar-refractivity contribution in [2.24, 2.45) is 5.92 Å². The van der Waals surface area contributed by atoms with E-state index in [1.54, 1.807) is 7.11 Å². The van der Waals surface area contributed by atoms with Crippen molar-refractivity contribution in [3.8, 4) is 0 Å². The Bertz CT molecular complexity index is 707. The maximum atomic E-state index is 5.28. The fourth-order valence-electron chi connectivity index (χ4n) is 2.66. The molecule has 1 N–H and O–H groups in total. The van der Waals surface area contributed by atoms with E-state index in [1.807, 2.05) is 18.3 Å². The van der Waals surface area contributed by atoms with Crippen LogP contribution in [0.15, 0.2) is 24.4 Å². The van der Waals surface area contributed by atoms with E-state index in [0.717, 1.165) is 23.0 Å². The summed E-state index contributed by atoms with van der Waals surface area (Å²) in [5.74, 6) is 1.99. The third-order valence-electron chi connectivity index (χ3n) is 4.06.